The number of aliphatic carboxylic acids is 2. The van der Waals surface area contributed by atoms with Gasteiger partial charge in [-0.15, -0.1) is 0 Å². The third-order valence-corrected chi connectivity index (χ3v) is 14.8. The summed E-state index contributed by atoms with van der Waals surface area (Å²) in [5.74, 6) is -5.26. The number of Topliss-reactive ketones (excluding diaryl/α,β-unsaturated/α-hetero) is 3. The normalized spacial score (nSPS) is 12.3. The summed E-state index contributed by atoms with van der Waals surface area (Å²) in [6.45, 7) is 6.37. The van der Waals surface area contributed by atoms with Gasteiger partial charge in [-0.2, -0.15) is 0 Å². The average Bonchev–Trinajstić information content (AvgIpc) is 1.82. The van der Waals surface area contributed by atoms with Gasteiger partial charge in [0.25, 0.3) is 0 Å². The molecule has 4 atom stereocenters. The molecule has 14 N–H and O–H groups in total. The van der Waals surface area contributed by atoms with Crippen molar-refractivity contribution < 1.29 is 106 Å². The molecule has 564 valence electrons. The molecule has 1 aromatic rings. The third-order valence-electron chi connectivity index (χ3n) is 14.8. The van der Waals surface area contributed by atoms with Crippen LogP contribution in [-0.4, -0.2) is 254 Å². The fourth-order valence-electron chi connectivity index (χ4n) is 9.10. The van der Waals surface area contributed by atoms with E-state index in [4.69, 9.17) is 59.6 Å². The number of aromatic amines is 1. The van der Waals surface area contributed by atoms with Crippen LogP contribution in [0.2, 0.25) is 0 Å². The van der Waals surface area contributed by atoms with Gasteiger partial charge < -0.3 is 102 Å². The highest BCUT2D eigenvalue weighted by molar-refractivity contribution is 5.90. The number of amides is 6. The van der Waals surface area contributed by atoms with Crippen molar-refractivity contribution in [3.05, 3.63) is 18.2 Å². The number of hydrogen-bond donors (Lipinski definition) is 12. The number of aliphatic hydroxyl groups excluding tert-OH is 1. The number of carboxylic acid groups (broad SMARTS) is 2. The maximum absolute atomic E-state index is 12.6. The quantitative estimate of drug-likeness (QED) is 0.0407. The Bertz CT molecular complexity index is 2280. The summed E-state index contributed by atoms with van der Waals surface area (Å²) in [6, 6.07) is -1.88. The van der Waals surface area contributed by atoms with E-state index in [-0.39, 0.29) is 230 Å². The van der Waals surface area contributed by atoms with Crippen LogP contribution in [0.5, 0.6) is 0 Å². The molecule has 0 aliphatic rings. The molecule has 0 unspecified atom stereocenters. The van der Waals surface area contributed by atoms with Gasteiger partial charge in [-0.1, -0.05) is 84.0 Å². The Morgan fingerprint density at radius 1 is 0.510 bits per heavy atom. The summed E-state index contributed by atoms with van der Waals surface area (Å²) in [5.41, 5.74) is 11.6. The van der Waals surface area contributed by atoms with Crippen LogP contribution in [0, 0.1) is 11.8 Å². The number of rotatable bonds is 69. The lowest BCUT2D eigenvalue weighted by Crippen LogP contribution is -2.41. The highest BCUT2D eigenvalue weighted by Gasteiger charge is 2.24. The second-order valence-electron chi connectivity index (χ2n) is 23.3. The number of nitrogens with one attached hydrogen (secondary N) is 7. The van der Waals surface area contributed by atoms with Gasteiger partial charge in [-0.05, 0) is 52.0 Å². The van der Waals surface area contributed by atoms with E-state index in [1.807, 2.05) is 6.92 Å². The number of hydrogen-bond acceptors (Lipinski definition) is 23. The summed E-state index contributed by atoms with van der Waals surface area (Å²) in [7, 11) is 0. The van der Waals surface area contributed by atoms with Gasteiger partial charge in [0.1, 0.15) is 38.3 Å². The molecule has 1 rings (SSSR count). The lowest BCUT2D eigenvalue weighted by atomic mass is 9.90. The SMILES string of the molecule is CC(=O)[C@H](CCCNCC(=O)COCCOCCNC(=O)COCCOCCNC(=O)COCCOCCNC(=O)COCCOCCNC(=O)CC[C@H](NC(=O)CCCCCCCCCCCCCCCCC(=O)O)C(=O)O)CC(=O)[C@@H](N)Cc1cnc[nH]1.CC[C@@H](CO)C(N)=O. The number of imidazole rings is 1. The molecule has 32 nitrogen and oxygen atoms in total. The molecule has 0 aliphatic carbocycles. The summed E-state index contributed by atoms with van der Waals surface area (Å²) in [6.07, 6.45) is 20.5. The van der Waals surface area contributed by atoms with Crippen LogP contribution in [0.4, 0.5) is 0 Å². The highest BCUT2D eigenvalue weighted by Crippen LogP contribution is 2.16. The van der Waals surface area contributed by atoms with Crippen LogP contribution in [0.15, 0.2) is 12.5 Å². The molecule has 1 aromatic heterocycles. The molecule has 0 spiro atoms. The fourth-order valence-corrected chi connectivity index (χ4v) is 9.10. The zero-order valence-electron chi connectivity index (χ0n) is 58.2. The topological polar surface area (TPSA) is 475 Å². The van der Waals surface area contributed by atoms with Crippen LogP contribution in [0.25, 0.3) is 0 Å². The van der Waals surface area contributed by atoms with Crippen molar-refractivity contribution in [2.75, 3.05) is 152 Å². The van der Waals surface area contributed by atoms with E-state index >= 15 is 0 Å². The van der Waals surface area contributed by atoms with Crippen LogP contribution >= 0.6 is 0 Å². The molecule has 1 heterocycles. The predicted molar refractivity (Wildman–Crippen MR) is 360 cm³/mol. The first-order valence-electron chi connectivity index (χ1n) is 34.6. The average molecular weight is 1400 g/mol. The Hall–Kier alpha value is -6.46. The number of ether oxygens (including phenoxy) is 8. The summed E-state index contributed by atoms with van der Waals surface area (Å²) < 4.78 is 42.9. The summed E-state index contributed by atoms with van der Waals surface area (Å²) in [5, 5.41) is 42.8. The maximum Gasteiger partial charge on any atom is 0.326 e. The fraction of sp³-hybridized carbons (Fsp3) is 0.788. The highest BCUT2D eigenvalue weighted by atomic mass is 16.5. The smallest absolute Gasteiger partial charge is 0.326 e. The first-order valence-corrected chi connectivity index (χ1v) is 34.6. The lowest BCUT2D eigenvalue weighted by Gasteiger charge is -2.16. The Morgan fingerprint density at radius 3 is 1.33 bits per heavy atom. The first-order chi connectivity index (χ1) is 47.3. The molecule has 0 aromatic carbocycles. The van der Waals surface area contributed by atoms with Crippen molar-refractivity contribution in [1.29, 1.82) is 0 Å². The van der Waals surface area contributed by atoms with Crippen molar-refractivity contribution in [2.45, 2.75) is 174 Å². The number of ketones is 3. The lowest BCUT2D eigenvalue weighted by molar-refractivity contribution is -0.142. The van der Waals surface area contributed by atoms with Crippen LogP contribution in [0.1, 0.15) is 161 Å². The molecular formula is C66H118N10O22. The molecule has 0 saturated heterocycles. The Labute approximate surface area is 577 Å². The second-order valence-corrected chi connectivity index (χ2v) is 23.3. The van der Waals surface area contributed by atoms with E-state index in [1.54, 1.807) is 6.20 Å². The number of carbonyl (C=O) groups excluding carboxylic acids is 9. The van der Waals surface area contributed by atoms with E-state index in [2.05, 4.69) is 41.9 Å². The molecule has 6 amide bonds. The van der Waals surface area contributed by atoms with E-state index in [0.29, 0.717) is 38.6 Å². The van der Waals surface area contributed by atoms with E-state index in [9.17, 15) is 57.8 Å². The third kappa shape index (κ3) is 59.6. The van der Waals surface area contributed by atoms with Crippen molar-refractivity contribution in [2.24, 2.45) is 23.3 Å². The number of carboxylic acids is 2. The van der Waals surface area contributed by atoms with Gasteiger partial charge in [-0.3, -0.25) is 47.9 Å². The largest absolute Gasteiger partial charge is 0.481 e. The monoisotopic (exact) mass is 1400 g/mol. The minimum atomic E-state index is -1.20. The minimum Gasteiger partial charge on any atom is -0.481 e. The first kappa shape index (κ1) is 91.5. The molecule has 0 fully saturated rings. The summed E-state index contributed by atoms with van der Waals surface area (Å²) in [4.78, 5) is 137. The Kier molecular flexibility index (Phi) is 60.9. The maximum atomic E-state index is 12.6. The standard InChI is InChI=1S/C61H107N9O20.C5H11NO2/c1-48(71)49(39-54(73)52(62)40-50-41-64-47-69-50)17-16-22-63-42-51(72)43-87-35-31-84-28-24-66-57(76)45-89-37-33-86-30-26-68-59(78)46-90-38-34-85-29-25-67-58(77)44-88-36-32-83-27-23-65-55(74)21-20-53(61(81)82)70-56(75)18-14-12-10-8-6-4-2-3-5-7-9-11-13-15-19-60(79)80;1-2-4(3-7)5(6)8/h41,47,49,52-53,63H,2-40,42-46,62H2,1H3,(H,64,69)(H,65,74)(H,66,76)(H,67,77)(H,68,78)(H,70,75)(H,79,80)(H,81,82);4,7H,2-3H2,1H3,(H2,6,8)/t49-,52+,53+;4-/m10/s1. The number of primary amides is 1. The van der Waals surface area contributed by atoms with E-state index < -0.39 is 35.8 Å². The zero-order valence-corrected chi connectivity index (χ0v) is 58.2. The van der Waals surface area contributed by atoms with E-state index in [0.717, 1.165) is 50.6 Å². The van der Waals surface area contributed by atoms with Gasteiger partial charge in [0, 0.05) is 76.1 Å². The van der Waals surface area contributed by atoms with Gasteiger partial charge >= 0.3 is 11.9 Å². The molecule has 0 bridgehead atoms. The number of nitrogens with zero attached hydrogens (tertiary/aromatic N) is 1. The van der Waals surface area contributed by atoms with E-state index in [1.165, 1.54) is 51.8 Å². The molecule has 0 saturated carbocycles. The van der Waals surface area contributed by atoms with Gasteiger partial charge in [0.2, 0.25) is 35.4 Å². The van der Waals surface area contributed by atoms with Crippen LogP contribution in [-0.2, 0) is 97.1 Å². The second kappa shape index (κ2) is 65.2. The minimum absolute atomic E-state index is 0.0443. The molecular weight excluding hydrogens is 1280 g/mol. The van der Waals surface area contributed by atoms with Crippen molar-refractivity contribution in [1.82, 2.24) is 41.9 Å². The van der Waals surface area contributed by atoms with Gasteiger partial charge in [0.15, 0.2) is 11.6 Å². The van der Waals surface area contributed by atoms with Crippen molar-refractivity contribution in [3.8, 4) is 0 Å². The molecule has 32 heteroatoms. The number of aliphatic hydroxyl groups is 1. The number of H-pyrrole nitrogens is 1. The van der Waals surface area contributed by atoms with Crippen LogP contribution in [0.3, 0.4) is 0 Å². The number of aromatic nitrogens is 2. The Morgan fingerprint density at radius 2 is 0.939 bits per heavy atom. The molecule has 0 aliphatic heterocycles. The number of nitrogens with two attached hydrogens (primary N) is 2. The zero-order chi connectivity index (χ0) is 72.5. The van der Waals surface area contributed by atoms with Crippen molar-refractivity contribution >= 4 is 64.7 Å². The van der Waals surface area contributed by atoms with Gasteiger partial charge in [0.05, 0.1) is 111 Å². The van der Waals surface area contributed by atoms with Gasteiger partial charge in [-0.25, -0.2) is 9.78 Å². The summed E-state index contributed by atoms with van der Waals surface area (Å²) >= 11 is 0. The van der Waals surface area contributed by atoms with Crippen molar-refractivity contribution in [3.63, 3.8) is 0 Å². The molecule has 0 radical (unpaired) electrons. The Balaban J connectivity index is 0.0000110. The number of unbranched alkanes of at least 4 members (excludes halogenated alkanes) is 13. The van der Waals surface area contributed by atoms with Crippen LogP contribution < -0.4 is 43.4 Å². The number of carbonyl (C=O) groups is 11. The predicted octanol–water partition coefficient (Wildman–Crippen LogP) is 1.15. The molecule has 98 heavy (non-hydrogen) atoms.